The highest BCUT2D eigenvalue weighted by molar-refractivity contribution is 6.05. The highest BCUT2D eigenvalue weighted by Crippen LogP contribution is 2.31. The van der Waals surface area contributed by atoms with Gasteiger partial charge in [0.05, 0.1) is 11.6 Å². The van der Waals surface area contributed by atoms with E-state index in [0.29, 0.717) is 17.0 Å². The molecule has 0 saturated heterocycles. The molecule has 3 N–H and O–H groups in total. The second-order valence-corrected chi connectivity index (χ2v) is 6.06. The van der Waals surface area contributed by atoms with E-state index < -0.39 is 0 Å². The van der Waals surface area contributed by atoms with E-state index in [0.717, 1.165) is 16.7 Å². The van der Waals surface area contributed by atoms with Crippen molar-refractivity contribution in [2.24, 2.45) is 11.8 Å². The molecule has 0 saturated carbocycles. The molecule has 24 heavy (non-hydrogen) atoms. The number of hydrogen-bond donors (Lipinski definition) is 2. The van der Waals surface area contributed by atoms with Gasteiger partial charge in [0, 0.05) is 22.9 Å². The molecule has 0 fully saturated rings. The molecule has 0 bridgehead atoms. The molecule has 1 aliphatic rings. The zero-order valence-electron chi connectivity index (χ0n) is 13.5. The molecule has 3 nitrogen and oxygen atoms in total. The summed E-state index contributed by atoms with van der Waals surface area (Å²) in [6.45, 7) is 2.11. The number of allylic oxidation sites excluding steroid dienone is 4. The van der Waals surface area contributed by atoms with Gasteiger partial charge < -0.3 is 11.1 Å². The van der Waals surface area contributed by atoms with Gasteiger partial charge >= 0.3 is 0 Å². The van der Waals surface area contributed by atoms with Crippen molar-refractivity contribution in [2.75, 3.05) is 5.73 Å². The van der Waals surface area contributed by atoms with Crippen molar-refractivity contribution in [3.05, 3.63) is 83.4 Å². The number of nitrogens with zero attached hydrogens (tertiary/aromatic N) is 1. The molecule has 0 radical (unpaired) electrons. The number of hydrogen-bond acceptors (Lipinski definition) is 3. The molecule has 1 aliphatic carbocycles. The van der Waals surface area contributed by atoms with Crippen LogP contribution < -0.4 is 5.73 Å². The predicted molar refractivity (Wildman–Crippen MR) is 98.6 cm³/mol. The third-order valence-corrected chi connectivity index (χ3v) is 4.40. The van der Waals surface area contributed by atoms with E-state index in [4.69, 9.17) is 16.4 Å². The lowest BCUT2D eigenvalue weighted by Gasteiger charge is -2.25. The fourth-order valence-corrected chi connectivity index (χ4v) is 3.07. The molecular formula is C21H19N3. The second kappa shape index (κ2) is 6.55. The Morgan fingerprint density at radius 1 is 1.17 bits per heavy atom. The van der Waals surface area contributed by atoms with Crippen LogP contribution in [0.4, 0.5) is 5.69 Å². The van der Waals surface area contributed by atoms with Gasteiger partial charge in [-0.2, -0.15) is 5.26 Å². The maximum absolute atomic E-state index is 9.05. The highest BCUT2D eigenvalue weighted by Gasteiger charge is 2.23. The Labute approximate surface area is 142 Å². The molecule has 2 atom stereocenters. The number of nitrogens with two attached hydrogens (primary N) is 1. The quantitative estimate of drug-likeness (QED) is 0.650. The van der Waals surface area contributed by atoms with Crippen LogP contribution in [-0.2, 0) is 0 Å². The topological polar surface area (TPSA) is 73.7 Å². The summed E-state index contributed by atoms with van der Waals surface area (Å²) in [5.41, 5.74) is 10.8. The Bertz CT molecular complexity index is 884. The third kappa shape index (κ3) is 3.00. The van der Waals surface area contributed by atoms with Crippen molar-refractivity contribution in [3.8, 4) is 6.07 Å². The van der Waals surface area contributed by atoms with Crippen molar-refractivity contribution in [3.63, 3.8) is 0 Å². The number of para-hydroxylation sites is 1. The molecule has 0 spiro atoms. The molecule has 2 aromatic rings. The number of benzene rings is 2. The number of nitrogen functional groups attached to an aromatic ring is 1. The Morgan fingerprint density at radius 2 is 1.96 bits per heavy atom. The normalized spacial score (nSPS) is 19.4. The molecule has 3 rings (SSSR count). The number of nitriles is 1. The molecule has 0 aromatic heterocycles. The molecule has 2 unspecified atom stereocenters. The average molecular weight is 313 g/mol. The SMILES string of the molecule is CC1C=C(c2cccc(C#N)c2)C=CC1C(=N)c1ccccc1N. The highest BCUT2D eigenvalue weighted by atomic mass is 14.6. The van der Waals surface area contributed by atoms with Gasteiger partial charge in [-0.1, -0.05) is 55.5 Å². The molecule has 118 valence electrons. The first-order chi connectivity index (χ1) is 11.6. The van der Waals surface area contributed by atoms with Crippen LogP contribution in [0.1, 0.15) is 23.6 Å². The lowest BCUT2D eigenvalue weighted by Crippen LogP contribution is -2.22. The fraction of sp³-hybridized carbons (Fsp3) is 0.143. The van der Waals surface area contributed by atoms with Crippen LogP contribution in [0.3, 0.4) is 0 Å². The second-order valence-electron chi connectivity index (χ2n) is 6.06. The smallest absolute Gasteiger partial charge is 0.0991 e. The van der Waals surface area contributed by atoms with Crippen LogP contribution in [0.15, 0.2) is 66.8 Å². The Balaban J connectivity index is 1.86. The molecular weight excluding hydrogens is 294 g/mol. The molecule has 0 heterocycles. The van der Waals surface area contributed by atoms with Crippen LogP contribution in [-0.4, -0.2) is 5.71 Å². The van der Waals surface area contributed by atoms with Crippen LogP contribution in [0, 0.1) is 28.6 Å². The first kappa shape index (κ1) is 15.8. The van der Waals surface area contributed by atoms with Crippen LogP contribution in [0.5, 0.6) is 0 Å². The molecule has 0 amide bonds. The van der Waals surface area contributed by atoms with Crippen LogP contribution >= 0.6 is 0 Å². The van der Waals surface area contributed by atoms with E-state index in [1.165, 1.54) is 0 Å². The maximum atomic E-state index is 9.05. The summed E-state index contributed by atoms with van der Waals surface area (Å²) in [4.78, 5) is 0. The number of anilines is 1. The van der Waals surface area contributed by atoms with Crippen LogP contribution in [0.2, 0.25) is 0 Å². The van der Waals surface area contributed by atoms with Gasteiger partial charge in [0.25, 0.3) is 0 Å². The van der Waals surface area contributed by atoms with E-state index in [2.05, 4.69) is 25.1 Å². The molecule has 3 heteroatoms. The third-order valence-electron chi connectivity index (χ3n) is 4.40. The summed E-state index contributed by atoms with van der Waals surface area (Å²) in [5, 5.41) is 17.6. The van der Waals surface area contributed by atoms with Crippen molar-refractivity contribution in [1.29, 1.82) is 10.7 Å². The minimum absolute atomic E-state index is 0.00222. The van der Waals surface area contributed by atoms with Crippen molar-refractivity contribution >= 4 is 17.0 Å². The van der Waals surface area contributed by atoms with Crippen molar-refractivity contribution in [1.82, 2.24) is 0 Å². The van der Waals surface area contributed by atoms with Gasteiger partial charge in [-0.05, 0) is 35.3 Å². The van der Waals surface area contributed by atoms with Gasteiger partial charge in [-0.15, -0.1) is 0 Å². The number of rotatable bonds is 3. The molecule has 0 aliphatic heterocycles. The van der Waals surface area contributed by atoms with Gasteiger partial charge in [0.15, 0.2) is 0 Å². The van der Waals surface area contributed by atoms with E-state index >= 15 is 0 Å². The summed E-state index contributed by atoms with van der Waals surface area (Å²) in [7, 11) is 0. The van der Waals surface area contributed by atoms with E-state index in [1.54, 1.807) is 6.07 Å². The van der Waals surface area contributed by atoms with E-state index in [9.17, 15) is 0 Å². The largest absolute Gasteiger partial charge is 0.398 e. The van der Waals surface area contributed by atoms with Gasteiger partial charge in [0.1, 0.15) is 0 Å². The zero-order chi connectivity index (χ0) is 17.1. The number of nitrogens with one attached hydrogen (secondary N) is 1. The predicted octanol–water partition coefficient (Wildman–Crippen LogP) is 4.41. The summed E-state index contributed by atoms with van der Waals surface area (Å²) in [6, 6.07) is 17.3. The standard InChI is InChI=1S/C21H19N3/c1-14-11-17(16-6-4-5-15(12-16)13-22)9-10-18(14)21(24)19-7-2-3-8-20(19)23/h2-12,14,18,24H,23H2,1H3. The van der Waals surface area contributed by atoms with Gasteiger partial charge in [0.2, 0.25) is 0 Å². The summed E-state index contributed by atoms with van der Waals surface area (Å²) in [5.74, 6) is 0.181. The minimum Gasteiger partial charge on any atom is -0.398 e. The fourth-order valence-electron chi connectivity index (χ4n) is 3.07. The van der Waals surface area contributed by atoms with E-state index in [-0.39, 0.29) is 11.8 Å². The summed E-state index contributed by atoms with van der Waals surface area (Å²) < 4.78 is 0. The summed E-state index contributed by atoms with van der Waals surface area (Å²) >= 11 is 0. The average Bonchev–Trinajstić information content (AvgIpc) is 2.61. The lowest BCUT2D eigenvalue weighted by molar-refractivity contribution is 0.636. The zero-order valence-corrected chi connectivity index (χ0v) is 13.5. The minimum atomic E-state index is -0.00222. The molecule has 2 aromatic carbocycles. The Morgan fingerprint density at radius 3 is 2.67 bits per heavy atom. The Kier molecular flexibility index (Phi) is 4.31. The van der Waals surface area contributed by atoms with Crippen LogP contribution in [0.25, 0.3) is 5.57 Å². The van der Waals surface area contributed by atoms with Crippen molar-refractivity contribution < 1.29 is 0 Å². The Hall–Kier alpha value is -3.12. The van der Waals surface area contributed by atoms with Gasteiger partial charge in [-0.3, -0.25) is 0 Å². The first-order valence-electron chi connectivity index (χ1n) is 7.94. The summed E-state index contributed by atoms with van der Waals surface area (Å²) in [6.07, 6.45) is 6.26. The van der Waals surface area contributed by atoms with Crippen molar-refractivity contribution in [2.45, 2.75) is 6.92 Å². The first-order valence-corrected chi connectivity index (χ1v) is 7.94. The van der Waals surface area contributed by atoms with E-state index in [1.807, 2.05) is 48.5 Å². The monoisotopic (exact) mass is 313 g/mol. The maximum Gasteiger partial charge on any atom is 0.0991 e. The van der Waals surface area contributed by atoms with Gasteiger partial charge in [-0.25, -0.2) is 0 Å². The lowest BCUT2D eigenvalue weighted by atomic mass is 9.80.